The molecule has 0 N–H and O–H groups in total. The highest BCUT2D eigenvalue weighted by molar-refractivity contribution is 7.98. The molecule has 6 nitrogen and oxygen atoms in total. The molecule has 4 rings (SSSR count). The molecule has 0 atom stereocenters. The van der Waals surface area contributed by atoms with Gasteiger partial charge in [0, 0.05) is 30.3 Å². The van der Waals surface area contributed by atoms with E-state index in [1.165, 1.54) is 0 Å². The zero-order valence-electron chi connectivity index (χ0n) is 17.3. The maximum absolute atomic E-state index is 6.08. The average molecular weight is 411 g/mol. The fourth-order valence-electron chi connectivity index (χ4n) is 3.13. The van der Waals surface area contributed by atoms with Crippen LogP contribution in [0.4, 0.5) is 0 Å². The van der Waals surface area contributed by atoms with Crippen LogP contribution >= 0.6 is 11.8 Å². The van der Waals surface area contributed by atoms with Gasteiger partial charge in [-0.15, -0.1) is 11.8 Å². The number of pyridine rings is 1. The van der Waals surface area contributed by atoms with Crippen molar-refractivity contribution in [3.05, 3.63) is 54.3 Å². The molecule has 0 aliphatic carbocycles. The number of thioether (sulfide) groups is 1. The number of likely N-dealkylation sites (tertiary alicyclic amines) is 1. The van der Waals surface area contributed by atoms with Crippen LogP contribution in [-0.2, 0) is 12.0 Å². The Bertz CT molecular complexity index is 942. The van der Waals surface area contributed by atoms with Crippen LogP contribution in [0.1, 0.15) is 32.5 Å². The molecule has 0 bridgehead atoms. The molecular formula is C22H26N4O2S. The molecule has 1 fully saturated rings. The summed E-state index contributed by atoms with van der Waals surface area (Å²) in [6, 6.07) is 12.3. The van der Waals surface area contributed by atoms with E-state index in [2.05, 4.69) is 59.0 Å². The van der Waals surface area contributed by atoms with Gasteiger partial charge in [-0.3, -0.25) is 4.90 Å². The molecule has 152 valence electrons. The summed E-state index contributed by atoms with van der Waals surface area (Å²) in [5, 5.41) is 5.11. The van der Waals surface area contributed by atoms with Gasteiger partial charge in [-0.25, -0.2) is 4.98 Å². The van der Waals surface area contributed by atoms with E-state index in [0.717, 1.165) is 40.8 Å². The Labute approximate surface area is 175 Å². The molecule has 0 radical (unpaired) electrons. The SMILES string of the molecule is CSc1ccc(-c2ccc(OC3CN(Cc4nc(C(C)(C)C)no4)C3)cc2)cn1. The van der Waals surface area contributed by atoms with Crippen LogP contribution in [0, 0.1) is 0 Å². The third kappa shape index (κ3) is 4.79. The molecule has 0 saturated carbocycles. The van der Waals surface area contributed by atoms with Crippen molar-refractivity contribution in [2.75, 3.05) is 19.3 Å². The van der Waals surface area contributed by atoms with Crippen LogP contribution < -0.4 is 4.74 Å². The monoisotopic (exact) mass is 410 g/mol. The summed E-state index contributed by atoms with van der Waals surface area (Å²) in [5.41, 5.74) is 2.15. The van der Waals surface area contributed by atoms with Crippen LogP contribution in [0.3, 0.4) is 0 Å². The topological polar surface area (TPSA) is 64.3 Å². The number of aromatic nitrogens is 3. The maximum Gasteiger partial charge on any atom is 0.240 e. The Hall–Kier alpha value is -2.38. The minimum Gasteiger partial charge on any atom is -0.488 e. The van der Waals surface area contributed by atoms with E-state index in [-0.39, 0.29) is 11.5 Å². The lowest BCUT2D eigenvalue weighted by atomic mass is 9.96. The van der Waals surface area contributed by atoms with Gasteiger partial charge in [0.25, 0.3) is 0 Å². The van der Waals surface area contributed by atoms with E-state index in [9.17, 15) is 0 Å². The highest BCUT2D eigenvalue weighted by Gasteiger charge is 2.30. The van der Waals surface area contributed by atoms with Crippen molar-refractivity contribution in [1.29, 1.82) is 0 Å². The number of nitrogens with zero attached hydrogens (tertiary/aromatic N) is 4. The quantitative estimate of drug-likeness (QED) is 0.558. The largest absolute Gasteiger partial charge is 0.488 e. The zero-order valence-corrected chi connectivity index (χ0v) is 18.1. The number of rotatable bonds is 6. The van der Waals surface area contributed by atoms with E-state index in [4.69, 9.17) is 9.26 Å². The van der Waals surface area contributed by atoms with Crippen molar-refractivity contribution < 1.29 is 9.26 Å². The molecule has 7 heteroatoms. The summed E-state index contributed by atoms with van der Waals surface area (Å²) in [5.74, 6) is 2.30. The minimum atomic E-state index is -0.0957. The van der Waals surface area contributed by atoms with Crippen molar-refractivity contribution in [2.24, 2.45) is 0 Å². The maximum atomic E-state index is 6.08. The number of ether oxygens (including phenoxy) is 1. The Morgan fingerprint density at radius 2 is 1.83 bits per heavy atom. The van der Waals surface area contributed by atoms with Gasteiger partial charge in [0.15, 0.2) is 5.82 Å². The normalized spacial score (nSPS) is 15.3. The van der Waals surface area contributed by atoms with Crippen molar-refractivity contribution >= 4 is 11.8 Å². The third-order valence-corrected chi connectivity index (χ3v) is 5.52. The van der Waals surface area contributed by atoms with E-state index >= 15 is 0 Å². The minimum absolute atomic E-state index is 0.0957. The van der Waals surface area contributed by atoms with Crippen LogP contribution in [0.15, 0.2) is 52.1 Å². The van der Waals surface area contributed by atoms with Crippen LogP contribution in [0.25, 0.3) is 11.1 Å². The number of hydrogen-bond acceptors (Lipinski definition) is 7. The second-order valence-corrected chi connectivity index (χ2v) is 9.14. The lowest BCUT2D eigenvalue weighted by Crippen LogP contribution is -2.53. The van der Waals surface area contributed by atoms with Gasteiger partial charge in [-0.1, -0.05) is 44.1 Å². The van der Waals surface area contributed by atoms with Crippen LogP contribution in [0.2, 0.25) is 0 Å². The predicted octanol–water partition coefficient (Wildman–Crippen LogP) is 4.41. The molecule has 1 aliphatic rings. The first-order chi connectivity index (χ1) is 13.9. The number of benzene rings is 1. The summed E-state index contributed by atoms with van der Waals surface area (Å²) >= 11 is 1.65. The average Bonchev–Trinajstić information content (AvgIpc) is 3.16. The summed E-state index contributed by atoms with van der Waals surface area (Å²) in [4.78, 5) is 11.2. The summed E-state index contributed by atoms with van der Waals surface area (Å²) in [6.45, 7) is 8.62. The molecule has 0 spiro atoms. The summed E-state index contributed by atoms with van der Waals surface area (Å²) in [6.07, 6.45) is 4.13. The summed E-state index contributed by atoms with van der Waals surface area (Å²) in [7, 11) is 0. The second-order valence-electron chi connectivity index (χ2n) is 8.31. The van der Waals surface area contributed by atoms with Crippen molar-refractivity contribution in [1.82, 2.24) is 20.0 Å². The highest BCUT2D eigenvalue weighted by atomic mass is 32.2. The van der Waals surface area contributed by atoms with E-state index in [1.54, 1.807) is 11.8 Å². The van der Waals surface area contributed by atoms with Crippen LogP contribution in [-0.4, -0.2) is 45.5 Å². The van der Waals surface area contributed by atoms with Gasteiger partial charge in [-0.2, -0.15) is 4.98 Å². The molecule has 1 aliphatic heterocycles. The molecule has 0 amide bonds. The highest BCUT2D eigenvalue weighted by Crippen LogP contribution is 2.26. The molecule has 29 heavy (non-hydrogen) atoms. The lowest BCUT2D eigenvalue weighted by molar-refractivity contribution is 0.00864. The van der Waals surface area contributed by atoms with Gasteiger partial charge in [-0.05, 0) is 30.0 Å². The van der Waals surface area contributed by atoms with E-state index in [0.29, 0.717) is 12.4 Å². The first-order valence-corrected chi connectivity index (χ1v) is 11.0. The fraction of sp³-hybridized carbons (Fsp3) is 0.409. The molecule has 2 aromatic heterocycles. The molecule has 3 aromatic rings. The third-order valence-electron chi connectivity index (χ3n) is 4.86. The molecule has 1 saturated heterocycles. The first kappa shape index (κ1) is 19.9. The van der Waals surface area contributed by atoms with E-state index in [1.807, 2.05) is 30.7 Å². The van der Waals surface area contributed by atoms with Gasteiger partial charge >= 0.3 is 0 Å². The smallest absolute Gasteiger partial charge is 0.240 e. The Balaban J connectivity index is 1.27. The van der Waals surface area contributed by atoms with Crippen molar-refractivity contribution in [3.8, 4) is 16.9 Å². The standard InChI is InChI=1S/C22H26N4O2S/c1-22(2,3)21-24-19(28-25-21)14-26-12-18(13-26)27-17-8-5-15(6-9-17)16-7-10-20(29-4)23-11-16/h5-11,18H,12-14H2,1-4H3. The Kier molecular flexibility index (Phi) is 5.61. The van der Waals surface area contributed by atoms with Crippen LogP contribution in [0.5, 0.6) is 5.75 Å². The Morgan fingerprint density at radius 1 is 1.10 bits per heavy atom. The van der Waals surface area contributed by atoms with Gasteiger partial charge in [0.2, 0.25) is 5.89 Å². The van der Waals surface area contributed by atoms with Crippen molar-refractivity contribution in [3.63, 3.8) is 0 Å². The molecule has 1 aromatic carbocycles. The van der Waals surface area contributed by atoms with Gasteiger partial charge in [0.1, 0.15) is 11.9 Å². The molecule has 0 unspecified atom stereocenters. The zero-order chi connectivity index (χ0) is 20.4. The molecule has 3 heterocycles. The molecular weight excluding hydrogens is 384 g/mol. The first-order valence-electron chi connectivity index (χ1n) is 9.73. The predicted molar refractivity (Wildman–Crippen MR) is 114 cm³/mol. The Morgan fingerprint density at radius 3 is 2.41 bits per heavy atom. The van der Waals surface area contributed by atoms with Crippen molar-refractivity contribution in [2.45, 2.75) is 43.9 Å². The van der Waals surface area contributed by atoms with Gasteiger partial charge in [0.05, 0.1) is 11.6 Å². The summed E-state index contributed by atoms with van der Waals surface area (Å²) < 4.78 is 11.4. The lowest BCUT2D eigenvalue weighted by Gasteiger charge is -2.38. The number of hydrogen-bond donors (Lipinski definition) is 0. The fourth-order valence-corrected chi connectivity index (χ4v) is 3.49. The second kappa shape index (κ2) is 8.16. The van der Waals surface area contributed by atoms with Gasteiger partial charge < -0.3 is 9.26 Å². The van der Waals surface area contributed by atoms with E-state index < -0.39 is 0 Å².